The van der Waals surface area contributed by atoms with Gasteiger partial charge in [0.15, 0.2) is 0 Å². The Morgan fingerprint density at radius 1 is 1.21 bits per heavy atom. The zero-order chi connectivity index (χ0) is 17.2. The van der Waals surface area contributed by atoms with Crippen molar-refractivity contribution in [1.82, 2.24) is 9.55 Å². The maximum absolute atomic E-state index is 13.0. The van der Waals surface area contributed by atoms with Crippen LogP contribution in [0.25, 0.3) is 11.0 Å². The van der Waals surface area contributed by atoms with Crippen LogP contribution in [0.5, 0.6) is 0 Å². The highest BCUT2D eigenvalue weighted by Gasteiger charge is 2.31. The Kier molecular flexibility index (Phi) is 5.13. The van der Waals surface area contributed by atoms with Crippen LogP contribution in [0.15, 0.2) is 18.2 Å². The van der Waals surface area contributed by atoms with Gasteiger partial charge < -0.3 is 9.30 Å². The molecule has 0 unspecified atom stereocenters. The molecule has 1 aromatic heterocycles. The summed E-state index contributed by atoms with van der Waals surface area (Å²) >= 11 is 0. The molecule has 3 rings (SSSR count). The zero-order valence-corrected chi connectivity index (χ0v) is 13.9. The van der Waals surface area contributed by atoms with Crippen molar-refractivity contribution in [2.24, 2.45) is 0 Å². The molecule has 0 aliphatic heterocycles. The predicted molar refractivity (Wildman–Crippen MR) is 87.1 cm³/mol. The number of imidazole rings is 1. The van der Waals surface area contributed by atoms with Crippen molar-refractivity contribution in [1.29, 1.82) is 0 Å². The van der Waals surface area contributed by atoms with Gasteiger partial charge in [-0.25, -0.2) is 4.98 Å². The number of hydrogen-bond donors (Lipinski definition) is 0. The van der Waals surface area contributed by atoms with Crippen molar-refractivity contribution in [3.05, 3.63) is 29.6 Å². The lowest BCUT2D eigenvalue weighted by Gasteiger charge is -2.22. The van der Waals surface area contributed by atoms with E-state index >= 15 is 0 Å². The molecule has 0 spiro atoms. The monoisotopic (exact) mass is 340 g/mol. The molecule has 3 nitrogen and oxygen atoms in total. The number of alkyl halides is 3. The van der Waals surface area contributed by atoms with Crippen LogP contribution in [0.3, 0.4) is 0 Å². The average molecular weight is 340 g/mol. The fourth-order valence-electron chi connectivity index (χ4n) is 3.60. The summed E-state index contributed by atoms with van der Waals surface area (Å²) in [5.74, 6) is 1.29. The smallest absolute Gasteiger partial charge is 0.385 e. The number of aryl methyl sites for hydroxylation is 1. The molecule has 1 aromatic carbocycles. The number of aromatic nitrogens is 2. The molecule has 0 atom stereocenters. The van der Waals surface area contributed by atoms with E-state index in [9.17, 15) is 13.2 Å². The summed E-state index contributed by atoms with van der Waals surface area (Å²) in [5, 5.41) is 0. The van der Waals surface area contributed by atoms with Gasteiger partial charge >= 0.3 is 6.18 Å². The third-order valence-corrected chi connectivity index (χ3v) is 4.81. The molecule has 132 valence electrons. The van der Waals surface area contributed by atoms with E-state index in [2.05, 4.69) is 9.55 Å². The summed E-state index contributed by atoms with van der Waals surface area (Å²) in [6.45, 7) is 1.35. The first kappa shape index (κ1) is 17.3. The number of hydrogen-bond acceptors (Lipinski definition) is 2. The van der Waals surface area contributed by atoms with Gasteiger partial charge in [-0.15, -0.1) is 0 Å². The first-order chi connectivity index (χ1) is 11.5. The second kappa shape index (κ2) is 7.13. The molecule has 1 saturated carbocycles. The Balaban J connectivity index is 2.01. The number of fused-ring (bicyclic) bond motifs is 1. The van der Waals surface area contributed by atoms with E-state index in [0.29, 0.717) is 18.0 Å². The minimum Gasteiger partial charge on any atom is -0.385 e. The quantitative estimate of drug-likeness (QED) is 0.705. The normalized spacial score (nSPS) is 16.8. The van der Waals surface area contributed by atoms with E-state index in [4.69, 9.17) is 4.74 Å². The molecule has 0 saturated heterocycles. The zero-order valence-electron chi connectivity index (χ0n) is 13.9. The van der Waals surface area contributed by atoms with E-state index in [1.165, 1.54) is 25.3 Å². The summed E-state index contributed by atoms with van der Waals surface area (Å²) in [6.07, 6.45) is 2.19. The van der Waals surface area contributed by atoms with Gasteiger partial charge in [-0.1, -0.05) is 19.3 Å². The van der Waals surface area contributed by atoms with Gasteiger partial charge in [0.25, 0.3) is 0 Å². The summed E-state index contributed by atoms with van der Waals surface area (Å²) in [7, 11) is 1.66. The second-order valence-corrected chi connectivity index (χ2v) is 6.50. The van der Waals surface area contributed by atoms with Crippen LogP contribution in [0.1, 0.15) is 55.8 Å². The van der Waals surface area contributed by atoms with E-state index in [1.807, 2.05) is 0 Å². The van der Waals surface area contributed by atoms with Crippen molar-refractivity contribution in [2.45, 2.75) is 57.2 Å². The lowest BCUT2D eigenvalue weighted by molar-refractivity contribution is -0.137. The molecule has 6 heteroatoms. The van der Waals surface area contributed by atoms with Crippen molar-refractivity contribution < 1.29 is 17.9 Å². The van der Waals surface area contributed by atoms with Gasteiger partial charge in [0, 0.05) is 26.2 Å². The van der Waals surface area contributed by atoms with Gasteiger partial charge in [-0.05, 0) is 37.5 Å². The third kappa shape index (κ3) is 3.58. The number of rotatable bonds is 5. The van der Waals surface area contributed by atoms with Crippen LogP contribution < -0.4 is 0 Å². The molecule has 0 amide bonds. The van der Waals surface area contributed by atoms with Gasteiger partial charge in [-0.3, -0.25) is 0 Å². The number of nitrogens with zero attached hydrogens (tertiary/aromatic N) is 2. The van der Waals surface area contributed by atoms with E-state index in [1.54, 1.807) is 13.2 Å². The van der Waals surface area contributed by atoms with Crippen LogP contribution in [0.4, 0.5) is 13.2 Å². The Labute approximate surface area is 139 Å². The van der Waals surface area contributed by atoms with Crippen LogP contribution >= 0.6 is 0 Å². The summed E-state index contributed by atoms with van der Waals surface area (Å²) < 4.78 is 46.1. The highest BCUT2D eigenvalue weighted by atomic mass is 19.4. The van der Waals surface area contributed by atoms with Crippen molar-refractivity contribution in [2.75, 3.05) is 13.7 Å². The van der Waals surface area contributed by atoms with E-state index < -0.39 is 11.7 Å². The summed E-state index contributed by atoms with van der Waals surface area (Å²) in [4.78, 5) is 4.61. The van der Waals surface area contributed by atoms with Gasteiger partial charge in [-0.2, -0.15) is 13.2 Å². The summed E-state index contributed by atoms with van der Waals surface area (Å²) in [6, 6.07) is 3.89. The van der Waals surface area contributed by atoms with Gasteiger partial charge in [0.05, 0.1) is 16.6 Å². The van der Waals surface area contributed by atoms with Crippen LogP contribution in [-0.4, -0.2) is 23.3 Å². The van der Waals surface area contributed by atoms with Crippen LogP contribution in [-0.2, 0) is 17.5 Å². The molecule has 0 bridgehead atoms. The molecule has 0 radical (unpaired) electrons. The van der Waals surface area contributed by atoms with E-state index in [-0.39, 0.29) is 0 Å². The fraction of sp³-hybridized carbons (Fsp3) is 0.611. The Morgan fingerprint density at radius 3 is 2.62 bits per heavy atom. The topological polar surface area (TPSA) is 27.1 Å². The fourth-order valence-corrected chi connectivity index (χ4v) is 3.60. The molecule has 24 heavy (non-hydrogen) atoms. The molecule has 1 fully saturated rings. The van der Waals surface area contributed by atoms with Crippen molar-refractivity contribution >= 4 is 11.0 Å². The average Bonchev–Trinajstić information content (AvgIpc) is 2.93. The molecule has 2 aromatic rings. The predicted octanol–water partition coefficient (Wildman–Crippen LogP) is 5.14. The number of ether oxygens (including phenoxy) is 1. The SMILES string of the molecule is COCCCn1c(C2CCCCC2)nc2cc(C(F)(F)F)ccc21. The first-order valence-electron chi connectivity index (χ1n) is 8.57. The highest BCUT2D eigenvalue weighted by molar-refractivity contribution is 5.77. The lowest BCUT2D eigenvalue weighted by atomic mass is 9.88. The Morgan fingerprint density at radius 2 is 1.96 bits per heavy atom. The Hall–Kier alpha value is -1.56. The number of halogens is 3. The number of methoxy groups -OCH3 is 1. The van der Waals surface area contributed by atoms with Crippen LogP contribution in [0, 0.1) is 0 Å². The second-order valence-electron chi connectivity index (χ2n) is 6.50. The highest BCUT2D eigenvalue weighted by Crippen LogP contribution is 2.36. The molecule has 1 heterocycles. The first-order valence-corrected chi connectivity index (χ1v) is 8.57. The van der Waals surface area contributed by atoms with Gasteiger partial charge in [0.1, 0.15) is 5.82 Å². The maximum atomic E-state index is 13.0. The van der Waals surface area contributed by atoms with E-state index in [0.717, 1.165) is 43.2 Å². The van der Waals surface area contributed by atoms with Crippen molar-refractivity contribution in [3.8, 4) is 0 Å². The minimum atomic E-state index is -4.33. The maximum Gasteiger partial charge on any atom is 0.416 e. The van der Waals surface area contributed by atoms with Crippen LogP contribution in [0.2, 0.25) is 0 Å². The van der Waals surface area contributed by atoms with Crippen molar-refractivity contribution in [3.63, 3.8) is 0 Å². The Bertz CT molecular complexity index is 687. The number of benzene rings is 1. The minimum absolute atomic E-state index is 0.350. The molecular formula is C18H23F3N2O. The lowest BCUT2D eigenvalue weighted by Crippen LogP contribution is -2.13. The standard InChI is InChI=1S/C18H23F3N2O/c1-24-11-5-10-23-16-9-8-14(18(19,20)21)12-15(16)22-17(23)13-6-3-2-4-7-13/h8-9,12-13H,2-7,10-11H2,1H3. The third-order valence-electron chi connectivity index (χ3n) is 4.81. The van der Waals surface area contributed by atoms with Gasteiger partial charge in [0.2, 0.25) is 0 Å². The molecule has 1 aliphatic rings. The largest absolute Gasteiger partial charge is 0.416 e. The summed E-state index contributed by atoms with van der Waals surface area (Å²) in [5.41, 5.74) is 0.606. The molecule has 0 N–H and O–H groups in total. The molecule has 1 aliphatic carbocycles. The molecular weight excluding hydrogens is 317 g/mol.